The molecule has 0 aromatic heterocycles. The Morgan fingerprint density at radius 1 is 1.24 bits per heavy atom. The number of fused-ring (bicyclic) bond motifs is 1. The highest BCUT2D eigenvalue weighted by atomic mass is 16.6. The number of esters is 1. The smallest absolute Gasteiger partial charge is 0.346 e. The molecule has 3 heteroatoms. The first-order valence-corrected chi connectivity index (χ1v) is 6.07. The van der Waals surface area contributed by atoms with E-state index in [1.54, 1.807) is 6.92 Å². The van der Waals surface area contributed by atoms with Crippen molar-refractivity contribution in [2.45, 2.75) is 38.7 Å². The number of hydrogen-bond acceptors (Lipinski definition) is 3. The Kier molecular flexibility index (Phi) is 3.67. The molecule has 0 bridgehead atoms. The van der Waals surface area contributed by atoms with Crippen LogP contribution in [0.2, 0.25) is 0 Å². The lowest BCUT2D eigenvalue weighted by atomic mass is 9.92. The maximum Gasteiger partial charge on any atom is 0.346 e. The molecule has 0 radical (unpaired) electrons. The van der Waals surface area contributed by atoms with Crippen LogP contribution in [0.1, 0.15) is 30.9 Å². The summed E-state index contributed by atoms with van der Waals surface area (Å²) < 4.78 is 10.2. The second-order valence-electron chi connectivity index (χ2n) is 4.42. The zero-order chi connectivity index (χ0) is 12.3. The molecule has 0 saturated carbocycles. The molecule has 0 amide bonds. The molecule has 1 aromatic rings. The molecule has 1 aromatic carbocycles. The first kappa shape index (κ1) is 12.0. The van der Waals surface area contributed by atoms with Gasteiger partial charge in [0, 0.05) is 0 Å². The first-order valence-electron chi connectivity index (χ1n) is 6.07. The molecule has 17 heavy (non-hydrogen) atoms. The normalized spacial score (nSPS) is 15.9. The summed E-state index contributed by atoms with van der Waals surface area (Å²) in [5.74, 6) is 0.409. The topological polar surface area (TPSA) is 35.5 Å². The van der Waals surface area contributed by atoms with Crippen molar-refractivity contribution in [3.8, 4) is 5.75 Å². The van der Waals surface area contributed by atoms with Crippen LogP contribution in [-0.2, 0) is 22.4 Å². The summed E-state index contributed by atoms with van der Waals surface area (Å²) in [6.07, 6.45) is 4.22. The van der Waals surface area contributed by atoms with Crippen LogP contribution in [0.15, 0.2) is 18.2 Å². The fourth-order valence-electron chi connectivity index (χ4n) is 2.20. The van der Waals surface area contributed by atoms with Crippen LogP contribution in [0, 0.1) is 0 Å². The molecular weight excluding hydrogens is 216 g/mol. The molecule has 92 valence electrons. The van der Waals surface area contributed by atoms with Gasteiger partial charge < -0.3 is 9.47 Å². The highest BCUT2D eigenvalue weighted by molar-refractivity contribution is 5.74. The fourth-order valence-corrected chi connectivity index (χ4v) is 2.20. The minimum absolute atomic E-state index is 0.345. The van der Waals surface area contributed by atoms with Gasteiger partial charge in [-0.3, -0.25) is 0 Å². The van der Waals surface area contributed by atoms with Crippen LogP contribution in [0.25, 0.3) is 0 Å². The molecule has 1 aliphatic rings. The highest BCUT2D eigenvalue weighted by Crippen LogP contribution is 2.25. The summed E-state index contributed by atoms with van der Waals surface area (Å²) in [5.41, 5.74) is 2.76. The summed E-state index contributed by atoms with van der Waals surface area (Å²) in [5, 5.41) is 0. The van der Waals surface area contributed by atoms with Crippen molar-refractivity contribution in [1.29, 1.82) is 0 Å². The van der Waals surface area contributed by atoms with Gasteiger partial charge >= 0.3 is 5.97 Å². The lowest BCUT2D eigenvalue weighted by Gasteiger charge is -2.18. The predicted molar refractivity (Wildman–Crippen MR) is 65.2 cm³/mol. The van der Waals surface area contributed by atoms with E-state index < -0.39 is 6.10 Å². The zero-order valence-corrected chi connectivity index (χ0v) is 10.4. The van der Waals surface area contributed by atoms with Crippen molar-refractivity contribution in [2.75, 3.05) is 7.11 Å². The van der Waals surface area contributed by atoms with Gasteiger partial charge in [-0.1, -0.05) is 6.07 Å². The first-order chi connectivity index (χ1) is 8.20. The van der Waals surface area contributed by atoms with Crippen molar-refractivity contribution in [3.05, 3.63) is 29.3 Å². The van der Waals surface area contributed by atoms with E-state index in [0.29, 0.717) is 0 Å². The molecule has 0 aliphatic heterocycles. The van der Waals surface area contributed by atoms with Gasteiger partial charge in [-0.2, -0.15) is 0 Å². The second kappa shape index (κ2) is 5.21. The van der Waals surface area contributed by atoms with E-state index in [4.69, 9.17) is 4.74 Å². The van der Waals surface area contributed by atoms with E-state index in [1.807, 2.05) is 12.1 Å². The Labute approximate surface area is 102 Å². The van der Waals surface area contributed by atoms with Crippen molar-refractivity contribution in [3.63, 3.8) is 0 Å². The van der Waals surface area contributed by atoms with Gasteiger partial charge in [-0.15, -0.1) is 0 Å². The Bertz CT molecular complexity index is 412. The van der Waals surface area contributed by atoms with Crippen LogP contribution in [-0.4, -0.2) is 19.2 Å². The summed E-state index contributed by atoms with van der Waals surface area (Å²) in [4.78, 5) is 11.3. The minimum atomic E-state index is -0.554. The highest BCUT2D eigenvalue weighted by Gasteiger charge is 2.16. The Hall–Kier alpha value is -1.51. The van der Waals surface area contributed by atoms with E-state index in [0.717, 1.165) is 18.6 Å². The molecule has 2 rings (SSSR count). The average molecular weight is 234 g/mol. The molecular formula is C14H18O3. The van der Waals surface area contributed by atoms with Gasteiger partial charge in [0.05, 0.1) is 7.11 Å². The van der Waals surface area contributed by atoms with Crippen LogP contribution in [0.5, 0.6) is 5.75 Å². The maximum atomic E-state index is 11.3. The van der Waals surface area contributed by atoms with E-state index >= 15 is 0 Å². The fraction of sp³-hybridized carbons (Fsp3) is 0.500. The lowest BCUT2D eigenvalue weighted by molar-refractivity contribution is -0.147. The molecule has 0 heterocycles. The van der Waals surface area contributed by atoms with Gasteiger partial charge in [-0.25, -0.2) is 4.79 Å². The molecule has 1 unspecified atom stereocenters. The summed E-state index contributed by atoms with van der Waals surface area (Å²) in [6.45, 7) is 1.70. The number of methoxy groups -OCH3 is 1. The summed E-state index contributed by atoms with van der Waals surface area (Å²) in [6, 6.07) is 6.09. The molecule has 1 atom stereocenters. The number of hydrogen-bond donors (Lipinski definition) is 0. The molecule has 0 saturated heterocycles. The van der Waals surface area contributed by atoms with E-state index in [2.05, 4.69) is 10.8 Å². The number of carbonyl (C=O) groups excluding carboxylic acids is 1. The molecule has 3 nitrogen and oxygen atoms in total. The van der Waals surface area contributed by atoms with Crippen LogP contribution >= 0.6 is 0 Å². The second-order valence-corrected chi connectivity index (χ2v) is 4.42. The van der Waals surface area contributed by atoms with E-state index in [-0.39, 0.29) is 5.97 Å². The van der Waals surface area contributed by atoms with Crippen LogP contribution in [0.4, 0.5) is 0 Å². The summed E-state index contributed by atoms with van der Waals surface area (Å²) in [7, 11) is 1.37. The molecule has 1 aliphatic carbocycles. The van der Waals surface area contributed by atoms with Crippen LogP contribution < -0.4 is 4.74 Å². The third-order valence-electron chi connectivity index (χ3n) is 3.17. The minimum Gasteiger partial charge on any atom is -0.479 e. The number of carbonyl (C=O) groups is 1. The van der Waals surface area contributed by atoms with Crippen molar-refractivity contribution < 1.29 is 14.3 Å². The zero-order valence-electron chi connectivity index (χ0n) is 10.4. The largest absolute Gasteiger partial charge is 0.479 e. The van der Waals surface area contributed by atoms with Crippen LogP contribution in [0.3, 0.4) is 0 Å². The number of ether oxygens (including phenoxy) is 2. The van der Waals surface area contributed by atoms with E-state index in [1.165, 1.54) is 31.1 Å². The van der Waals surface area contributed by atoms with Gasteiger partial charge in [0.15, 0.2) is 6.10 Å². The third-order valence-corrected chi connectivity index (χ3v) is 3.17. The standard InChI is InChI=1S/C14H18O3/c1-10(14(15)16-2)17-13-8-7-11-5-3-4-6-12(11)9-13/h7-10H,3-6H2,1-2H3. The predicted octanol–water partition coefficient (Wildman–Crippen LogP) is 2.51. The van der Waals surface area contributed by atoms with E-state index in [9.17, 15) is 4.79 Å². The SMILES string of the molecule is COC(=O)C(C)Oc1ccc2c(c1)CCCC2. The molecule has 0 spiro atoms. The van der Waals surface area contributed by atoms with Gasteiger partial charge in [0.25, 0.3) is 0 Å². The number of aryl methyl sites for hydroxylation is 2. The maximum absolute atomic E-state index is 11.3. The summed E-state index contributed by atoms with van der Waals surface area (Å²) >= 11 is 0. The van der Waals surface area contributed by atoms with Crippen molar-refractivity contribution >= 4 is 5.97 Å². The van der Waals surface area contributed by atoms with Gasteiger partial charge in [0.1, 0.15) is 5.75 Å². The van der Waals surface area contributed by atoms with Gasteiger partial charge in [0.2, 0.25) is 0 Å². The van der Waals surface area contributed by atoms with Gasteiger partial charge in [-0.05, 0) is 55.9 Å². The third kappa shape index (κ3) is 2.78. The number of benzene rings is 1. The Balaban J connectivity index is 2.09. The Morgan fingerprint density at radius 2 is 1.94 bits per heavy atom. The molecule has 0 N–H and O–H groups in total. The molecule has 0 fully saturated rings. The quantitative estimate of drug-likeness (QED) is 0.754. The lowest BCUT2D eigenvalue weighted by Crippen LogP contribution is -2.25. The number of rotatable bonds is 3. The van der Waals surface area contributed by atoms with Crippen molar-refractivity contribution in [1.82, 2.24) is 0 Å². The monoisotopic (exact) mass is 234 g/mol. The van der Waals surface area contributed by atoms with Crippen molar-refractivity contribution in [2.24, 2.45) is 0 Å². The average Bonchev–Trinajstić information content (AvgIpc) is 2.37. The Morgan fingerprint density at radius 3 is 2.65 bits per heavy atom.